The van der Waals surface area contributed by atoms with Gasteiger partial charge >= 0.3 is 6.18 Å². The maximum absolute atomic E-state index is 14.2. The minimum atomic E-state index is -4.56. The SMILES string of the molecule is O=C(N1CCc2ccccc2C1)[C@@]1(C(F)(F)F)CCN(Cc2ccccc2)C1. The molecular weight excluding hydrogens is 365 g/mol. The number of carbonyl (C=O) groups is 1. The maximum atomic E-state index is 14.2. The fourth-order valence-corrected chi connectivity index (χ4v) is 4.36. The Labute approximate surface area is 162 Å². The molecule has 148 valence electrons. The van der Waals surface area contributed by atoms with E-state index in [0.717, 1.165) is 16.7 Å². The second-order valence-corrected chi connectivity index (χ2v) is 7.77. The number of likely N-dealkylation sites (tertiary alicyclic amines) is 1. The second-order valence-electron chi connectivity index (χ2n) is 7.77. The minimum absolute atomic E-state index is 0.180. The van der Waals surface area contributed by atoms with Gasteiger partial charge in [0.15, 0.2) is 5.41 Å². The van der Waals surface area contributed by atoms with Gasteiger partial charge in [-0.15, -0.1) is 0 Å². The largest absolute Gasteiger partial charge is 0.404 e. The number of rotatable bonds is 3. The van der Waals surface area contributed by atoms with E-state index < -0.39 is 17.5 Å². The Kier molecular flexibility index (Phi) is 4.91. The molecule has 2 aromatic rings. The van der Waals surface area contributed by atoms with Gasteiger partial charge in [-0.3, -0.25) is 9.69 Å². The smallest absolute Gasteiger partial charge is 0.337 e. The van der Waals surface area contributed by atoms with Crippen LogP contribution in [0.5, 0.6) is 0 Å². The summed E-state index contributed by atoms with van der Waals surface area (Å²) in [6.07, 6.45) is -4.14. The zero-order valence-electron chi connectivity index (χ0n) is 15.6. The molecule has 2 heterocycles. The van der Waals surface area contributed by atoms with Crippen molar-refractivity contribution in [3.8, 4) is 0 Å². The number of fused-ring (bicyclic) bond motifs is 1. The van der Waals surface area contributed by atoms with E-state index in [1.54, 1.807) is 4.90 Å². The van der Waals surface area contributed by atoms with Gasteiger partial charge in [-0.05, 0) is 36.1 Å². The molecule has 1 atom stereocenters. The fourth-order valence-electron chi connectivity index (χ4n) is 4.36. The maximum Gasteiger partial charge on any atom is 0.404 e. The molecule has 2 aliphatic rings. The second kappa shape index (κ2) is 7.24. The number of carbonyl (C=O) groups excluding carboxylic acids is 1. The van der Waals surface area contributed by atoms with Crippen LogP contribution < -0.4 is 0 Å². The molecule has 0 unspecified atom stereocenters. The van der Waals surface area contributed by atoms with Crippen LogP contribution in [0, 0.1) is 5.41 Å². The van der Waals surface area contributed by atoms with Crippen LogP contribution in [-0.4, -0.2) is 41.5 Å². The van der Waals surface area contributed by atoms with Gasteiger partial charge in [0.1, 0.15) is 0 Å². The first-order valence-corrected chi connectivity index (χ1v) is 9.58. The van der Waals surface area contributed by atoms with E-state index in [2.05, 4.69) is 0 Å². The van der Waals surface area contributed by atoms with Crippen molar-refractivity contribution in [2.75, 3.05) is 19.6 Å². The van der Waals surface area contributed by atoms with Crippen LogP contribution in [0.4, 0.5) is 13.2 Å². The van der Waals surface area contributed by atoms with Crippen molar-refractivity contribution in [2.24, 2.45) is 5.41 Å². The van der Waals surface area contributed by atoms with Crippen molar-refractivity contribution in [3.05, 3.63) is 71.3 Å². The molecule has 0 aliphatic carbocycles. The Morgan fingerprint density at radius 3 is 2.36 bits per heavy atom. The van der Waals surface area contributed by atoms with Crippen molar-refractivity contribution >= 4 is 5.91 Å². The normalized spacial score (nSPS) is 22.9. The molecule has 2 aromatic carbocycles. The van der Waals surface area contributed by atoms with Crippen LogP contribution in [0.25, 0.3) is 0 Å². The summed E-state index contributed by atoms with van der Waals surface area (Å²) >= 11 is 0. The quantitative estimate of drug-likeness (QED) is 0.793. The number of halogens is 3. The molecule has 3 nitrogen and oxygen atoms in total. The highest BCUT2D eigenvalue weighted by molar-refractivity contribution is 5.84. The van der Waals surface area contributed by atoms with Crippen LogP contribution in [-0.2, 0) is 24.3 Å². The highest BCUT2D eigenvalue weighted by Gasteiger charge is 2.64. The summed E-state index contributed by atoms with van der Waals surface area (Å²) in [5, 5.41) is 0. The number of alkyl halides is 3. The number of hydrogen-bond acceptors (Lipinski definition) is 2. The zero-order chi connectivity index (χ0) is 19.8. The van der Waals surface area contributed by atoms with Crippen LogP contribution in [0.2, 0.25) is 0 Å². The van der Waals surface area contributed by atoms with E-state index >= 15 is 0 Å². The van der Waals surface area contributed by atoms with Gasteiger partial charge in [0.05, 0.1) is 0 Å². The Balaban J connectivity index is 1.54. The molecule has 1 saturated heterocycles. The molecule has 0 saturated carbocycles. The van der Waals surface area contributed by atoms with Gasteiger partial charge in [0.25, 0.3) is 0 Å². The van der Waals surface area contributed by atoms with E-state index in [0.29, 0.717) is 19.5 Å². The molecular formula is C22H23F3N2O. The minimum Gasteiger partial charge on any atom is -0.337 e. The summed E-state index contributed by atoms with van der Waals surface area (Å²) in [4.78, 5) is 16.3. The third-order valence-corrected chi connectivity index (χ3v) is 5.97. The molecule has 28 heavy (non-hydrogen) atoms. The lowest BCUT2D eigenvalue weighted by Crippen LogP contribution is -2.54. The summed E-state index contributed by atoms with van der Waals surface area (Å²) < 4.78 is 42.5. The first kappa shape index (κ1) is 19.0. The predicted molar refractivity (Wildman–Crippen MR) is 100 cm³/mol. The van der Waals surface area contributed by atoms with Crippen LogP contribution in [0.15, 0.2) is 54.6 Å². The average molecular weight is 388 g/mol. The lowest BCUT2D eigenvalue weighted by atomic mass is 9.83. The van der Waals surface area contributed by atoms with Gasteiger partial charge in [-0.25, -0.2) is 0 Å². The Morgan fingerprint density at radius 1 is 0.964 bits per heavy atom. The molecule has 0 spiro atoms. The number of benzene rings is 2. The van der Waals surface area contributed by atoms with Crippen LogP contribution in [0.3, 0.4) is 0 Å². The van der Waals surface area contributed by atoms with Crippen LogP contribution in [0.1, 0.15) is 23.1 Å². The molecule has 1 fully saturated rings. The number of nitrogens with zero attached hydrogens (tertiary/aromatic N) is 2. The third-order valence-electron chi connectivity index (χ3n) is 5.97. The predicted octanol–water partition coefficient (Wildman–Crippen LogP) is 4.03. The number of amides is 1. The fraction of sp³-hybridized carbons (Fsp3) is 0.409. The van der Waals surface area contributed by atoms with Gasteiger partial charge in [0.2, 0.25) is 5.91 Å². The van der Waals surface area contributed by atoms with Crippen molar-refractivity contribution in [3.63, 3.8) is 0 Å². The average Bonchev–Trinajstić information content (AvgIpc) is 3.13. The van der Waals surface area contributed by atoms with Crippen molar-refractivity contribution in [1.82, 2.24) is 9.80 Å². The Morgan fingerprint density at radius 2 is 1.64 bits per heavy atom. The van der Waals surface area contributed by atoms with E-state index in [4.69, 9.17) is 0 Å². The van der Waals surface area contributed by atoms with Crippen molar-refractivity contribution in [2.45, 2.75) is 32.1 Å². The molecule has 2 aliphatic heterocycles. The summed E-state index contributed by atoms with van der Waals surface area (Å²) in [7, 11) is 0. The molecule has 6 heteroatoms. The molecule has 1 amide bonds. The monoisotopic (exact) mass is 388 g/mol. The first-order valence-electron chi connectivity index (χ1n) is 9.58. The Bertz CT molecular complexity index is 852. The summed E-state index contributed by atoms with van der Waals surface area (Å²) in [6, 6.07) is 17.1. The summed E-state index contributed by atoms with van der Waals surface area (Å²) in [5.74, 6) is -0.773. The van der Waals surface area contributed by atoms with Crippen LogP contribution >= 0.6 is 0 Å². The summed E-state index contributed by atoms with van der Waals surface area (Å²) in [6.45, 7) is 1.01. The van der Waals surface area contributed by atoms with Gasteiger partial charge in [-0.1, -0.05) is 54.6 Å². The van der Waals surface area contributed by atoms with E-state index in [-0.39, 0.29) is 26.1 Å². The van der Waals surface area contributed by atoms with E-state index in [1.165, 1.54) is 4.90 Å². The molecule has 0 N–H and O–H groups in total. The molecule has 0 aromatic heterocycles. The highest BCUT2D eigenvalue weighted by Crippen LogP contribution is 2.47. The van der Waals surface area contributed by atoms with Crippen molar-refractivity contribution < 1.29 is 18.0 Å². The van der Waals surface area contributed by atoms with Gasteiger partial charge in [0, 0.05) is 26.2 Å². The molecule has 0 bridgehead atoms. The lowest BCUT2D eigenvalue weighted by Gasteiger charge is -2.38. The van der Waals surface area contributed by atoms with E-state index in [9.17, 15) is 18.0 Å². The molecule has 0 radical (unpaired) electrons. The number of hydrogen-bond donors (Lipinski definition) is 0. The lowest BCUT2D eigenvalue weighted by molar-refractivity contribution is -0.224. The standard InChI is InChI=1S/C22H23F3N2O/c23-22(24,25)21(11-13-26(16-21)14-17-6-2-1-3-7-17)20(28)27-12-10-18-8-4-5-9-19(18)15-27/h1-9H,10-16H2/t21-/m1/s1. The Hall–Kier alpha value is -2.34. The third kappa shape index (κ3) is 3.41. The summed E-state index contributed by atoms with van der Waals surface area (Å²) in [5.41, 5.74) is 0.705. The zero-order valence-corrected chi connectivity index (χ0v) is 15.6. The van der Waals surface area contributed by atoms with Gasteiger partial charge in [-0.2, -0.15) is 13.2 Å². The van der Waals surface area contributed by atoms with E-state index in [1.807, 2.05) is 54.6 Å². The topological polar surface area (TPSA) is 23.6 Å². The molecule has 4 rings (SSSR count). The van der Waals surface area contributed by atoms with Crippen molar-refractivity contribution in [1.29, 1.82) is 0 Å². The van der Waals surface area contributed by atoms with Gasteiger partial charge < -0.3 is 4.90 Å². The first-order chi connectivity index (χ1) is 13.4. The highest BCUT2D eigenvalue weighted by atomic mass is 19.4.